The largest absolute Gasteiger partial charge is 0.508 e. The molecule has 3 aromatic carbocycles. The Morgan fingerprint density at radius 3 is 2.08 bits per heavy atom. The van der Waals surface area contributed by atoms with Crippen LogP contribution in [0.25, 0.3) is 10.9 Å². The molecule has 0 aliphatic carbocycles. The molecule has 0 unspecified atom stereocenters. The van der Waals surface area contributed by atoms with Crippen molar-refractivity contribution < 1.29 is 15.0 Å². The minimum absolute atomic E-state index is 0.171. The smallest absolute Gasteiger partial charge is 0.268 e. The summed E-state index contributed by atoms with van der Waals surface area (Å²) < 4.78 is 2.10. The molecular formula is C32H32N4O3. The zero-order chi connectivity index (χ0) is 27.4. The molecule has 3 N–H and O–H groups in total. The van der Waals surface area contributed by atoms with E-state index in [9.17, 15) is 15.0 Å². The molecule has 0 saturated heterocycles. The molecule has 0 fully saturated rings. The topological polar surface area (TPSA) is 90.6 Å². The van der Waals surface area contributed by atoms with Crippen molar-refractivity contribution in [2.75, 3.05) is 20.6 Å². The van der Waals surface area contributed by atoms with Crippen LogP contribution in [0.15, 0.2) is 97.2 Å². The standard InChI is InChI=1S/C32H32N4O3/c1-35(2)19-20-36-28-9-4-3-8-27(28)30(31(36)32(39)34-21-24-7-5-6-18-33-24)29(22-10-14-25(37)15-11-22)23-12-16-26(38)17-13-23/h3-18,29,37-38H,19-21H2,1-2H3,(H,34,39). The Morgan fingerprint density at radius 1 is 0.872 bits per heavy atom. The van der Waals surface area contributed by atoms with Crippen molar-refractivity contribution in [3.63, 3.8) is 0 Å². The fraction of sp³-hybridized carbons (Fsp3) is 0.188. The van der Waals surface area contributed by atoms with Crippen LogP contribution in [-0.4, -0.2) is 51.2 Å². The lowest BCUT2D eigenvalue weighted by Crippen LogP contribution is -2.29. The maximum Gasteiger partial charge on any atom is 0.268 e. The molecule has 0 spiro atoms. The van der Waals surface area contributed by atoms with E-state index in [-0.39, 0.29) is 23.3 Å². The molecule has 0 radical (unpaired) electrons. The average molecular weight is 521 g/mol. The van der Waals surface area contributed by atoms with Gasteiger partial charge in [0.1, 0.15) is 17.2 Å². The van der Waals surface area contributed by atoms with E-state index in [1.807, 2.05) is 68.7 Å². The highest BCUT2D eigenvalue weighted by Gasteiger charge is 2.30. The van der Waals surface area contributed by atoms with Crippen molar-refractivity contribution in [2.24, 2.45) is 0 Å². The maximum atomic E-state index is 14.1. The van der Waals surface area contributed by atoms with Crippen molar-refractivity contribution in [1.29, 1.82) is 0 Å². The molecular weight excluding hydrogens is 488 g/mol. The monoisotopic (exact) mass is 520 g/mol. The molecule has 7 heteroatoms. The van der Waals surface area contributed by atoms with Gasteiger partial charge < -0.3 is 25.0 Å². The highest BCUT2D eigenvalue weighted by Crippen LogP contribution is 2.41. The Hall–Kier alpha value is -4.62. The van der Waals surface area contributed by atoms with E-state index in [1.54, 1.807) is 30.5 Å². The SMILES string of the molecule is CN(C)CCn1c(C(=O)NCc2ccccn2)c(C(c2ccc(O)cc2)c2ccc(O)cc2)c2ccccc21. The Morgan fingerprint density at radius 2 is 1.49 bits per heavy atom. The fourth-order valence-corrected chi connectivity index (χ4v) is 5.02. The molecule has 2 aromatic heterocycles. The second-order valence-electron chi connectivity index (χ2n) is 9.85. The number of aromatic nitrogens is 2. The summed E-state index contributed by atoms with van der Waals surface area (Å²) in [7, 11) is 4.03. The van der Waals surface area contributed by atoms with Crippen LogP contribution in [0, 0.1) is 0 Å². The number of hydrogen-bond donors (Lipinski definition) is 3. The Bertz CT molecular complexity index is 1510. The number of fused-ring (bicyclic) bond motifs is 1. The molecule has 0 saturated carbocycles. The predicted octanol–water partition coefficient (Wildman–Crippen LogP) is 5.12. The van der Waals surface area contributed by atoms with Crippen LogP contribution in [0.5, 0.6) is 11.5 Å². The van der Waals surface area contributed by atoms with Crippen LogP contribution in [0.4, 0.5) is 0 Å². The summed E-state index contributed by atoms with van der Waals surface area (Å²) in [4.78, 5) is 20.6. The van der Waals surface area contributed by atoms with Crippen molar-refractivity contribution >= 4 is 16.8 Å². The van der Waals surface area contributed by atoms with Crippen LogP contribution in [0.3, 0.4) is 0 Å². The van der Waals surface area contributed by atoms with Gasteiger partial charge in [-0.05, 0) is 67.7 Å². The number of phenols is 2. The zero-order valence-corrected chi connectivity index (χ0v) is 22.1. The minimum atomic E-state index is -0.327. The van der Waals surface area contributed by atoms with Gasteiger partial charge in [0.05, 0.1) is 12.2 Å². The van der Waals surface area contributed by atoms with Gasteiger partial charge in [0, 0.05) is 41.7 Å². The summed E-state index contributed by atoms with van der Waals surface area (Å²) in [6.45, 7) is 1.68. The molecule has 5 rings (SSSR count). The van der Waals surface area contributed by atoms with Crippen molar-refractivity contribution in [3.05, 3.63) is 125 Å². The van der Waals surface area contributed by atoms with Crippen molar-refractivity contribution in [3.8, 4) is 11.5 Å². The number of carbonyl (C=O) groups excluding carboxylic acids is 1. The molecule has 39 heavy (non-hydrogen) atoms. The molecule has 0 bridgehead atoms. The third kappa shape index (κ3) is 5.63. The highest BCUT2D eigenvalue weighted by molar-refractivity contribution is 6.02. The lowest BCUT2D eigenvalue weighted by atomic mass is 9.83. The van der Waals surface area contributed by atoms with Gasteiger partial charge in [-0.1, -0.05) is 48.5 Å². The molecule has 7 nitrogen and oxygen atoms in total. The van der Waals surface area contributed by atoms with E-state index in [2.05, 4.69) is 31.9 Å². The van der Waals surface area contributed by atoms with E-state index in [1.165, 1.54) is 0 Å². The number of amides is 1. The van der Waals surface area contributed by atoms with Gasteiger partial charge in [0.15, 0.2) is 0 Å². The Kier molecular flexibility index (Phi) is 7.61. The number of pyridine rings is 1. The third-order valence-corrected chi connectivity index (χ3v) is 6.89. The molecule has 0 aliphatic rings. The quantitative estimate of drug-likeness (QED) is 0.251. The lowest BCUT2D eigenvalue weighted by Gasteiger charge is -2.21. The fourth-order valence-electron chi connectivity index (χ4n) is 5.02. The summed E-state index contributed by atoms with van der Waals surface area (Å²) in [5.74, 6) is -0.171. The second-order valence-corrected chi connectivity index (χ2v) is 9.85. The summed E-state index contributed by atoms with van der Waals surface area (Å²) in [5, 5.41) is 24.1. The van der Waals surface area contributed by atoms with Crippen LogP contribution >= 0.6 is 0 Å². The number of likely N-dealkylation sites (N-methyl/N-ethyl adjacent to an activating group) is 1. The number of nitrogens with zero attached hydrogens (tertiary/aromatic N) is 3. The first-order valence-electron chi connectivity index (χ1n) is 12.9. The molecule has 198 valence electrons. The number of rotatable bonds is 9. The number of benzene rings is 3. The zero-order valence-electron chi connectivity index (χ0n) is 22.1. The van der Waals surface area contributed by atoms with Gasteiger partial charge in [0.2, 0.25) is 0 Å². The van der Waals surface area contributed by atoms with Gasteiger partial charge in [0.25, 0.3) is 5.91 Å². The van der Waals surface area contributed by atoms with Crippen LogP contribution in [0.1, 0.15) is 38.8 Å². The van der Waals surface area contributed by atoms with Crippen molar-refractivity contribution in [2.45, 2.75) is 19.0 Å². The van der Waals surface area contributed by atoms with Crippen LogP contribution in [0.2, 0.25) is 0 Å². The molecule has 1 amide bonds. The second kappa shape index (κ2) is 11.4. The number of aromatic hydroxyl groups is 2. The third-order valence-electron chi connectivity index (χ3n) is 6.89. The normalized spacial score (nSPS) is 11.4. The molecule has 5 aromatic rings. The number of hydrogen-bond acceptors (Lipinski definition) is 5. The first-order valence-corrected chi connectivity index (χ1v) is 12.9. The summed E-state index contributed by atoms with van der Waals surface area (Å²) in [6, 6.07) is 27.9. The van der Waals surface area contributed by atoms with Crippen LogP contribution in [-0.2, 0) is 13.1 Å². The highest BCUT2D eigenvalue weighted by atomic mass is 16.3. The number of phenolic OH excluding ortho intramolecular Hbond substituents is 2. The van der Waals surface area contributed by atoms with E-state index in [0.717, 1.165) is 39.8 Å². The van der Waals surface area contributed by atoms with E-state index < -0.39 is 0 Å². The molecule has 0 aliphatic heterocycles. The van der Waals surface area contributed by atoms with Crippen molar-refractivity contribution in [1.82, 2.24) is 19.8 Å². The van der Waals surface area contributed by atoms with Gasteiger partial charge in [-0.15, -0.1) is 0 Å². The van der Waals surface area contributed by atoms with Gasteiger partial charge >= 0.3 is 0 Å². The Balaban J connectivity index is 1.73. The lowest BCUT2D eigenvalue weighted by molar-refractivity contribution is 0.0940. The minimum Gasteiger partial charge on any atom is -0.508 e. The number of para-hydroxylation sites is 1. The van der Waals surface area contributed by atoms with E-state index in [4.69, 9.17) is 0 Å². The first-order chi connectivity index (χ1) is 18.9. The molecule has 0 atom stereocenters. The molecule has 2 heterocycles. The number of nitrogens with one attached hydrogen (secondary N) is 1. The van der Waals surface area contributed by atoms with Crippen LogP contribution < -0.4 is 5.32 Å². The predicted molar refractivity (Wildman–Crippen MR) is 153 cm³/mol. The summed E-state index contributed by atoms with van der Waals surface area (Å²) in [6.07, 6.45) is 1.71. The van der Waals surface area contributed by atoms with Gasteiger partial charge in [-0.3, -0.25) is 9.78 Å². The number of carbonyl (C=O) groups is 1. The average Bonchev–Trinajstić information content (AvgIpc) is 3.27. The Labute approximate surface area is 228 Å². The maximum absolute atomic E-state index is 14.1. The van der Waals surface area contributed by atoms with Gasteiger partial charge in [-0.2, -0.15) is 0 Å². The van der Waals surface area contributed by atoms with E-state index >= 15 is 0 Å². The summed E-state index contributed by atoms with van der Waals surface area (Å²) in [5.41, 5.74) is 5.05. The summed E-state index contributed by atoms with van der Waals surface area (Å²) >= 11 is 0. The van der Waals surface area contributed by atoms with E-state index in [0.29, 0.717) is 18.8 Å². The first kappa shape index (κ1) is 26.0. The van der Waals surface area contributed by atoms with Gasteiger partial charge in [-0.25, -0.2) is 0 Å².